The molecule has 5 heteroatoms. The second kappa shape index (κ2) is 5.35. The Kier molecular flexibility index (Phi) is 3.74. The second-order valence-corrected chi connectivity index (χ2v) is 7.44. The lowest BCUT2D eigenvalue weighted by Crippen LogP contribution is -2.47. The van der Waals surface area contributed by atoms with E-state index in [4.69, 9.17) is 0 Å². The average Bonchev–Trinajstić information content (AvgIpc) is 2.81. The van der Waals surface area contributed by atoms with Crippen molar-refractivity contribution in [3.05, 3.63) is 0 Å². The van der Waals surface area contributed by atoms with E-state index in [1.165, 1.54) is 12.8 Å². The fourth-order valence-electron chi connectivity index (χ4n) is 3.45. The van der Waals surface area contributed by atoms with Gasteiger partial charge < -0.3 is 10.2 Å². The average molecular weight is 282 g/mol. The van der Waals surface area contributed by atoms with Gasteiger partial charge in [0.2, 0.25) is 11.8 Å². The third-order valence-electron chi connectivity index (χ3n) is 4.79. The minimum atomic E-state index is 0.146. The van der Waals surface area contributed by atoms with Gasteiger partial charge in [0.15, 0.2) is 0 Å². The lowest BCUT2D eigenvalue weighted by Gasteiger charge is -2.39. The van der Waals surface area contributed by atoms with Gasteiger partial charge in [0.1, 0.15) is 0 Å². The summed E-state index contributed by atoms with van der Waals surface area (Å²) in [6, 6.07) is 0. The van der Waals surface area contributed by atoms with Crippen LogP contribution in [0.3, 0.4) is 0 Å². The zero-order chi connectivity index (χ0) is 13.3. The lowest BCUT2D eigenvalue weighted by atomic mass is 9.77. The predicted octanol–water partition coefficient (Wildman–Crippen LogP) is 1.40. The van der Waals surface area contributed by atoms with Crippen molar-refractivity contribution in [2.75, 3.05) is 25.4 Å². The van der Waals surface area contributed by atoms with E-state index < -0.39 is 0 Å². The number of rotatable bonds is 1. The van der Waals surface area contributed by atoms with Gasteiger partial charge >= 0.3 is 0 Å². The third-order valence-corrected chi connectivity index (χ3v) is 6.15. The van der Waals surface area contributed by atoms with Crippen molar-refractivity contribution >= 4 is 23.6 Å². The number of amides is 2. The highest BCUT2D eigenvalue weighted by Crippen LogP contribution is 2.38. The first kappa shape index (κ1) is 13.3. The van der Waals surface area contributed by atoms with E-state index in [1.807, 2.05) is 16.7 Å². The van der Waals surface area contributed by atoms with Crippen molar-refractivity contribution in [1.82, 2.24) is 10.2 Å². The van der Waals surface area contributed by atoms with Crippen LogP contribution in [0.4, 0.5) is 0 Å². The second-order valence-electron chi connectivity index (χ2n) is 6.13. The number of nitrogens with one attached hydrogen (secondary N) is 1. The molecule has 3 fully saturated rings. The van der Waals surface area contributed by atoms with E-state index in [9.17, 15) is 9.59 Å². The minimum absolute atomic E-state index is 0.146. The predicted molar refractivity (Wildman–Crippen MR) is 76.0 cm³/mol. The molecule has 3 aliphatic heterocycles. The molecular formula is C14H22N2O2S. The highest BCUT2D eigenvalue weighted by molar-refractivity contribution is 8.00. The molecule has 106 valence electrons. The van der Waals surface area contributed by atoms with Crippen LogP contribution in [0.1, 0.15) is 38.5 Å². The molecule has 1 atom stereocenters. The minimum Gasteiger partial charge on any atom is -0.356 e. The van der Waals surface area contributed by atoms with E-state index in [0.717, 1.165) is 44.6 Å². The molecule has 3 heterocycles. The maximum atomic E-state index is 12.4. The molecule has 3 aliphatic rings. The summed E-state index contributed by atoms with van der Waals surface area (Å²) in [5.74, 6) is 1.66. The summed E-state index contributed by atoms with van der Waals surface area (Å²) in [5, 5.41) is 3.14. The summed E-state index contributed by atoms with van der Waals surface area (Å²) in [7, 11) is 0. The number of hydrogen-bond acceptors (Lipinski definition) is 3. The molecule has 1 spiro atoms. The van der Waals surface area contributed by atoms with Crippen LogP contribution in [0, 0.1) is 5.41 Å². The van der Waals surface area contributed by atoms with Crippen LogP contribution >= 0.6 is 11.8 Å². The standard InChI is InChI=1S/C14H22N2O2S/c17-12-9-14(10-15-12)4-6-16(7-5-14)13(18)11-3-1-2-8-19-11/h11H,1-10H2,(H,15,17). The van der Waals surface area contributed by atoms with Crippen molar-refractivity contribution < 1.29 is 9.59 Å². The van der Waals surface area contributed by atoms with Gasteiger partial charge in [-0.1, -0.05) is 6.42 Å². The Morgan fingerprint density at radius 3 is 2.68 bits per heavy atom. The first-order chi connectivity index (χ1) is 9.19. The van der Waals surface area contributed by atoms with Crippen molar-refractivity contribution in [2.24, 2.45) is 5.41 Å². The normalized spacial score (nSPS) is 30.4. The molecule has 1 unspecified atom stereocenters. The van der Waals surface area contributed by atoms with Gasteiger partial charge in [-0.2, -0.15) is 0 Å². The quantitative estimate of drug-likeness (QED) is 0.791. The number of thioether (sulfide) groups is 1. The van der Waals surface area contributed by atoms with Crippen LogP contribution in [0.5, 0.6) is 0 Å². The fourth-order valence-corrected chi connectivity index (χ4v) is 4.73. The summed E-state index contributed by atoms with van der Waals surface area (Å²) in [4.78, 5) is 25.9. The summed E-state index contributed by atoms with van der Waals surface area (Å²) in [6.07, 6.45) is 6.12. The molecule has 1 N–H and O–H groups in total. The van der Waals surface area contributed by atoms with Crippen LogP contribution in [-0.4, -0.2) is 47.4 Å². The molecule has 3 saturated heterocycles. The Labute approximate surface area is 118 Å². The van der Waals surface area contributed by atoms with Crippen molar-refractivity contribution in [3.63, 3.8) is 0 Å². The van der Waals surface area contributed by atoms with E-state index in [2.05, 4.69) is 5.32 Å². The van der Waals surface area contributed by atoms with Crippen LogP contribution in [0.25, 0.3) is 0 Å². The van der Waals surface area contributed by atoms with Crippen LogP contribution in [0.2, 0.25) is 0 Å². The summed E-state index contributed by atoms with van der Waals surface area (Å²) >= 11 is 1.83. The number of nitrogens with zero attached hydrogens (tertiary/aromatic N) is 1. The van der Waals surface area contributed by atoms with Crippen LogP contribution < -0.4 is 5.32 Å². The highest BCUT2D eigenvalue weighted by atomic mass is 32.2. The monoisotopic (exact) mass is 282 g/mol. The van der Waals surface area contributed by atoms with Crippen molar-refractivity contribution in [2.45, 2.75) is 43.8 Å². The van der Waals surface area contributed by atoms with E-state index >= 15 is 0 Å². The Balaban J connectivity index is 1.54. The molecule has 0 bridgehead atoms. The van der Waals surface area contributed by atoms with Gasteiger partial charge in [0, 0.05) is 26.1 Å². The van der Waals surface area contributed by atoms with Crippen LogP contribution in [-0.2, 0) is 9.59 Å². The molecule has 0 saturated carbocycles. The highest BCUT2D eigenvalue weighted by Gasteiger charge is 2.42. The van der Waals surface area contributed by atoms with E-state index in [1.54, 1.807) is 0 Å². The van der Waals surface area contributed by atoms with Crippen molar-refractivity contribution in [1.29, 1.82) is 0 Å². The van der Waals surface area contributed by atoms with Gasteiger partial charge in [0.05, 0.1) is 5.25 Å². The molecule has 0 radical (unpaired) electrons. The molecule has 0 aromatic carbocycles. The van der Waals surface area contributed by atoms with Gasteiger partial charge in [-0.25, -0.2) is 0 Å². The number of piperidine rings is 1. The maximum Gasteiger partial charge on any atom is 0.235 e. The lowest BCUT2D eigenvalue weighted by molar-refractivity contribution is -0.133. The first-order valence-corrected chi connectivity index (χ1v) is 8.41. The SMILES string of the molecule is O=C1CC2(CCN(C(=O)C3CCCCS3)CC2)CN1. The molecular weight excluding hydrogens is 260 g/mol. The molecule has 0 aromatic heterocycles. The summed E-state index contributed by atoms with van der Waals surface area (Å²) < 4.78 is 0. The first-order valence-electron chi connectivity index (χ1n) is 7.36. The number of hydrogen-bond donors (Lipinski definition) is 1. The van der Waals surface area contributed by atoms with Gasteiger partial charge in [-0.05, 0) is 36.9 Å². The number of likely N-dealkylation sites (tertiary alicyclic amines) is 1. The largest absolute Gasteiger partial charge is 0.356 e. The topological polar surface area (TPSA) is 49.4 Å². The molecule has 4 nitrogen and oxygen atoms in total. The zero-order valence-electron chi connectivity index (χ0n) is 11.3. The molecule has 19 heavy (non-hydrogen) atoms. The summed E-state index contributed by atoms with van der Waals surface area (Å²) in [5.41, 5.74) is 0.146. The van der Waals surface area contributed by atoms with Gasteiger partial charge in [-0.15, -0.1) is 11.8 Å². The smallest absolute Gasteiger partial charge is 0.235 e. The fraction of sp³-hybridized carbons (Fsp3) is 0.857. The molecule has 2 amide bonds. The van der Waals surface area contributed by atoms with E-state index in [-0.39, 0.29) is 16.6 Å². The summed E-state index contributed by atoms with van der Waals surface area (Å²) in [6.45, 7) is 2.49. The number of carbonyl (C=O) groups is 2. The van der Waals surface area contributed by atoms with Gasteiger partial charge in [0.25, 0.3) is 0 Å². The maximum absolute atomic E-state index is 12.4. The van der Waals surface area contributed by atoms with Crippen molar-refractivity contribution in [3.8, 4) is 0 Å². The number of carbonyl (C=O) groups excluding carboxylic acids is 2. The molecule has 0 aromatic rings. The Morgan fingerprint density at radius 2 is 2.11 bits per heavy atom. The molecule has 3 rings (SSSR count). The van der Waals surface area contributed by atoms with E-state index in [0.29, 0.717) is 12.3 Å². The Hall–Kier alpha value is -0.710. The molecule has 0 aliphatic carbocycles. The third kappa shape index (κ3) is 2.76. The Bertz CT molecular complexity index is 372. The van der Waals surface area contributed by atoms with Gasteiger partial charge in [-0.3, -0.25) is 9.59 Å². The Morgan fingerprint density at radius 1 is 1.32 bits per heavy atom. The zero-order valence-corrected chi connectivity index (χ0v) is 12.1. The van der Waals surface area contributed by atoms with Crippen LogP contribution in [0.15, 0.2) is 0 Å².